The summed E-state index contributed by atoms with van der Waals surface area (Å²) >= 11 is 0. The van der Waals surface area contributed by atoms with E-state index in [1.165, 1.54) is 7.11 Å². The lowest BCUT2D eigenvalue weighted by Gasteiger charge is -2.44. The van der Waals surface area contributed by atoms with Gasteiger partial charge in [0.2, 0.25) is 6.04 Å². The van der Waals surface area contributed by atoms with E-state index in [1.54, 1.807) is 38.1 Å². The minimum atomic E-state index is -3.71. The molecule has 7 heteroatoms. The maximum absolute atomic E-state index is 13.7. The number of methoxy groups -OCH3 is 1. The predicted octanol–water partition coefficient (Wildman–Crippen LogP) is 2.24. The van der Waals surface area contributed by atoms with Crippen LogP contribution in [-0.2, 0) is 20.9 Å². The third kappa shape index (κ3) is 3.43. The Kier molecular flexibility index (Phi) is 4.87. The Bertz CT molecular complexity index is 586. The largest absolute Gasteiger partial charge is 0.497 e. The van der Waals surface area contributed by atoms with Crippen molar-refractivity contribution in [1.82, 2.24) is 4.90 Å². The minimum Gasteiger partial charge on any atom is -0.497 e. The average molecular weight is 327 g/mol. The zero-order valence-corrected chi connectivity index (χ0v) is 13.2. The first-order valence-electron chi connectivity index (χ1n) is 7.25. The van der Waals surface area contributed by atoms with Gasteiger partial charge in [0.05, 0.1) is 13.7 Å². The van der Waals surface area contributed by atoms with E-state index in [0.717, 1.165) is 4.90 Å². The van der Waals surface area contributed by atoms with Crippen molar-refractivity contribution in [2.24, 2.45) is 5.92 Å². The molecule has 1 unspecified atom stereocenters. The zero-order valence-electron chi connectivity index (χ0n) is 13.2. The van der Waals surface area contributed by atoms with Crippen molar-refractivity contribution in [3.8, 4) is 5.75 Å². The van der Waals surface area contributed by atoms with Crippen LogP contribution < -0.4 is 4.74 Å². The number of rotatable bonds is 6. The fourth-order valence-electron chi connectivity index (χ4n) is 2.25. The number of nitrogens with zero attached hydrogens (tertiary/aromatic N) is 1. The third-order valence-corrected chi connectivity index (χ3v) is 3.50. The van der Waals surface area contributed by atoms with E-state index in [2.05, 4.69) is 0 Å². The highest BCUT2D eigenvalue weighted by molar-refractivity contribution is 6.01. The number of halogens is 2. The monoisotopic (exact) mass is 327 g/mol. The molecule has 5 nitrogen and oxygen atoms in total. The lowest BCUT2D eigenvalue weighted by Crippen LogP contribution is -2.72. The van der Waals surface area contributed by atoms with Crippen LogP contribution in [0.15, 0.2) is 24.3 Å². The van der Waals surface area contributed by atoms with Crippen molar-refractivity contribution in [2.45, 2.75) is 32.4 Å². The first-order chi connectivity index (χ1) is 10.8. The van der Waals surface area contributed by atoms with Gasteiger partial charge in [-0.15, -0.1) is 0 Å². The van der Waals surface area contributed by atoms with Gasteiger partial charge in [0, 0.05) is 6.54 Å². The minimum absolute atomic E-state index is 0.0263. The first kappa shape index (κ1) is 17.2. The number of amides is 1. The molecule has 1 aromatic rings. The van der Waals surface area contributed by atoms with Gasteiger partial charge in [0.25, 0.3) is 5.91 Å². The molecule has 0 N–H and O–H groups in total. The number of ether oxygens (including phenoxy) is 2. The molecule has 0 saturated carbocycles. The second kappa shape index (κ2) is 6.52. The molecule has 0 radical (unpaired) electrons. The van der Waals surface area contributed by atoms with Gasteiger partial charge < -0.3 is 14.4 Å². The summed E-state index contributed by atoms with van der Waals surface area (Å²) in [5, 5.41) is 0. The topological polar surface area (TPSA) is 55.8 Å². The van der Waals surface area contributed by atoms with E-state index in [0.29, 0.717) is 11.3 Å². The van der Waals surface area contributed by atoms with Crippen LogP contribution in [0.2, 0.25) is 0 Å². The number of carbonyl (C=O) groups excluding carboxylic acids is 2. The summed E-state index contributed by atoms with van der Waals surface area (Å²) in [6.45, 7) is 3.55. The van der Waals surface area contributed by atoms with Crippen LogP contribution in [-0.4, -0.2) is 42.5 Å². The highest BCUT2D eigenvalue weighted by Crippen LogP contribution is 2.38. The van der Waals surface area contributed by atoms with Crippen molar-refractivity contribution < 1.29 is 27.8 Å². The molecular weight excluding hydrogens is 308 g/mol. The molecule has 23 heavy (non-hydrogen) atoms. The summed E-state index contributed by atoms with van der Waals surface area (Å²) < 4.78 is 37.3. The van der Waals surface area contributed by atoms with Crippen molar-refractivity contribution in [2.75, 3.05) is 13.7 Å². The molecule has 1 fully saturated rings. The molecule has 1 aliphatic heterocycles. The summed E-state index contributed by atoms with van der Waals surface area (Å²) in [4.78, 5) is 24.3. The van der Waals surface area contributed by atoms with Crippen molar-refractivity contribution in [1.29, 1.82) is 0 Å². The number of β-lactam (4-membered cyclic amide) rings is 1. The normalized spacial score (nSPS) is 19.5. The molecule has 1 heterocycles. The van der Waals surface area contributed by atoms with Gasteiger partial charge in [-0.05, 0) is 23.6 Å². The Morgan fingerprint density at radius 3 is 2.43 bits per heavy atom. The molecule has 0 spiro atoms. The van der Waals surface area contributed by atoms with Crippen molar-refractivity contribution >= 4 is 11.9 Å². The molecule has 0 bridgehead atoms. The number of esters is 1. The Labute approximate surface area is 133 Å². The van der Waals surface area contributed by atoms with E-state index < -0.39 is 23.8 Å². The summed E-state index contributed by atoms with van der Waals surface area (Å²) in [6.07, 6.45) is 0. The predicted molar refractivity (Wildman–Crippen MR) is 78.1 cm³/mol. The van der Waals surface area contributed by atoms with E-state index in [-0.39, 0.29) is 19.1 Å². The van der Waals surface area contributed by atoms with Crippen molar-refractivity contribution in [3.05, 3.63) is 29.8 Å². The van der Waals surface area contributed by atoms with Crippen LogP contribution in [0.5, 0.6) is 5.75 Å². The third-order valence-electron chi connectivity index (χ3n) is 3.50. The highest BCUT2D eigenvalue weighted by Gasteiger charge is 2.67. The second-order valence-corrected chi connectivity index (χ2v) is 5.83. The number of benzene rings is 1. The molecule has 0 aromatic heterocycles. The summed E-state index contributed by atoms with van der Waals surface area (Å²) in [5.41, 5.74) is 0.622. The Hall–Kier alpha value is -2.18. The number of hydrogen-bond acceptors (Lipinski definition) is 4. The van der Waals surface area contributed by atoms with Crippen LogP contribution in [0.3, 0.4) is 0 Å². The Balaban J connectivity index is 2.09. The molecule has 1 atom stereocenters. The zero-order chi connectivity index (χ0) is 17.2. The van der Waals surface area contributed by atoms with Gasteiger partial charge >= 0.3 is 11.9 Å². The van der Waals surface area contributed by atoms with Gasteiger partial charge in [-0.25, -0.2) is 4.79 Å². The van der Waals surface area contributed by atoms with Gasteiger partial charge in [-0.3, -0.25) is 4.79 Å². The van der Waals surface area contributed by atoms with E-state index >= 15 is 0 Å². The molecule has 1 aromatic carbocycles. The molecule has 126 valence electrons. The summed E-state index contributed by atoms with van der Waals surface area (Å²) in [5.74, 6) is -5.50. The van der Waals surface area contributed by atoms with E-state index in [1.807, 2.05) is 0 Å². The summed E-state index contributed by atoms with van der Waals surface area (Å²) in [7, 11) is 1.51. The van der Waals surface area contributed by atoms with Gasteiger partial charge in [-0.1, -0.05) is 26.0 Å². The standard InChI is InChI=1S/C16H19F2NO4/c1-10(2)9-23-14(20)13-16(17,18)15(21)19(13)8-11-4-6-12(22-3)7-5-11/h4-7,10,13H,8-9H2,1-3H3. The molecule has 1 amide bonds. The van der Waals surface area contributed by atoms with Gasteiger partial charge in [-0.2, -0.15) is 8.78 Å². The SMILES string of the molecule is COc1ccc(CN2C(=O)C(F)(F)C2C(=O)OCC(C)C)cc1. The van der Waals surface area contributed by atoms with Crippen molar-refractivity contribution in [3.63, 3.8) is 0 Å². The molecule has 0 aliphatic carbocycles. The fraction of sp³-hybridized carbons (Fsp3) is 0.500. The van der Waals surface area contributed by atoms with Crippen LogP contribution in [0.25, 0.3) is 0 Å². The van der Waals surface area contributed by atoms with Crippen LogP contribution >= 0.6 is 0 Å². The van der Waals surface area contributed by atoms with Gasteiger partial charge in [0.1, 0.15) is 5.75 Å². The number of alkyl halides is 2. The lowest BCUT2D eigenvalue weighted by atomic mass is 9.95. The smallest absolute Gasteiger partial charge is 0.355 e. The molecule has 2 rings (SSSR count). The van der Waals surface area contributed by atoms with Gasteiger partial charge in [0.15, 0.2) is 0 Å². The van der Waals surface area contributed by atoms with E-state index in [4.69, 9.17) is 9.47 Å². The highest BCUT2D eigenvalue weighted by atomic mass is 19.3. The molecule has 1 aliphatic rings. The molecular formula is C16H19F2NO4. The maximum atomic E-state index is 13.7. The Morgan fingerprint density at radius 1 is 1.30 bits per heavy atom. The lowest BCUT2D eigenvalue weighted by molar-refractivity contribution is -0.215. The Morgan fingerprint density at radius 2 is 1.91 bits per heavy atom. The number of hydrogen-bond donors (Lipinski definition) is 0. The number of carbonyl (C=O) groups is 2. The number of likely N-dealkylation sites (tertiary alicyclic amines) is 1. The van der Waals surface area contributed by atoms with Crippen LogP contribution in [0, 0.1) is 5.92 Å². The second-order valence-electron chi connectivity index (χ2n) is 5.83. The fourth-order valence-corrected chi connectivity index (χ4v) is 2.25. The average Bonchev–Trinajstić information content (AvgIpc) is 2.52. The van der Waals surface area contributed by atoms with E-state index in [9.17, 15) is 18.4 Å². The first-order valence-corrected chi connectivity index (χ1v) is 7.25. The van der Waals surface area contributed by atoms with Crippen LogP contribution in [0.1, 0.15) is 19.4 Å². The maximum Gasteiger partial charge on any atom is 0.355 e. The summed E-state index contributed by atoms with van der Waals surface area (Å²) in [6, 6.07) is 4.75. The van der Waals surface area contributed by atoms with Crippen LogP contribution in [0.4, 0.5) is 8.78 Å². The molecule has 1 saturated heterocycles. The quantitative estimate of drug-likeness (QED) is 0.594.